The maximum Gasteiger partial charge on any atom is 0.243 e. The van der Waals surface area contributed by atoms with Crippen LogP contribution in [0, 0.1) is 28.6 Å². The van der Waals surface area contributed by atoms with Crippen molar-refractivity contribution in [3.63, 3.8) is 0 Å². The number of fused-ring (bicyclic) bond motifs is 1. The minimum absolute atomic E-state index is 0.198. The van der Waals surface area contributed by atoms with E-state index in [0.717, 1.165) is 0 Å². The summed E-state index contributed by atoms with van der Waals surface area (Å²) in [4.78, 5) is 2.28. The number of ether oxygens (including phenoxy) is 2. The van der Waals surface area contributed by atoms with Gasteiger partial charge in [0, 0.05) is 45.2 Å². The molecule has 0 saturated carbocycles. The van der Waals surface area contributed by atoms with E-state index in [-0.39, 0.29) is 10.8 Å². The van der Waals surface area contributed by atoms with Gasteiger partial charge in [-0.3, -0.25) is 4.90 Å². The molecule has 0 aromatic heterocycles. The molecule has 0 aliphatic carbocycles. The monoisotopic (exact) mass is 390 g/mol. The first-order valence-corrected chi connectivity index (χ1v) is 10.4. The highest BCUT2D eigenvalue weighted by molar-refractivity contribution is 7.89. The number of nitriles is 2. The zero-order valence-electron chi connectivity index (χ0n) is 15.0. The van der Waals surface area contributed by atoms with Crippen LogP contribution in [0.3, 0.4) is 0 Å². The first-order valence-electron chi connectivity index (χ1n) is 8.93. The van der Waals surface area contributed by atoms with Crippen LogP contribution in [0.15, 0.2) is 23.1 Å². The van der Waals surface area contributed by atoms with Gasteiger partial charge in [0.05, 0.1) is 23.0 Å². The van der Waals surface area contributed by atoms with Crippen molar-refractivity contribution in [3.05, 3.63) is 18.2 Å². The van der Waals surface area contributed by atoms with Gasteiger partial charge in [-0.1, -0.05) is 0 Å². The molecule has 1 aromatic carbocycles. The Morgan fingerprint density at radius 2 is 1.78 bits per heavy atom. The van der Waals surface area contributed by atoms with E-state index in [1.54, 1.807) is 12.1 Å². The molecule has 0 bridgehead atoms. The van der Waals surface area contributed by atoms with E-state index in [1.807, 2.05) is 0 Å². The average molecular weight is 390 g/mol. The number of hydrogen-bond acceptors (Lipinski definition) is 7. The summed E-state index contributed by atoms with van der Waals surface area (Å²) >= 11 is 0. The zero-order chi connectivity index (χ0) is 19.3. The lowest BCUT2D eigenvalue weighted by molar-refractivity contribution is 0.170. The first-order chi connectivity index (χ1) is 13.0. The normalized spacial score (nSPS) is 19.0. The van der Waals surface area contributed by atoms with Crippen molar-refractivity contribution < 1.29 is 17.9 Å². The van der Waals surface area contributed by atoms with Crippen LogP contribution in [0.25, 0.3) is 0 Å². The van der Waals surface area contributed by atoms with E-state index in [1.165, 1.54) is 10.4 Å². The Morgan fingerprint density at radius 3 is 2.44 bits per heavy atom. The van der Waals surface area contributed by atoms with Crippen molar-refractivity contribution in [1.82, 2.24) is 9.21 Å². The highest BCUT2D eigenvalue weighted by Gasteiger charge is 2.30. The van der Waals surface area contributed by atoms with Gasteiger partial charge in [0.1, 0.15) is 13.2 Å². The van der Waals surface area contributed by atoms with Crippen LogP contribution in [0.1, 0.15) is 12.8 Å². The third-order valence-electron chi connectivity index (χ3n) is 4.75. The van der Waals surface area contributed by atoms with Gasteiger partial charge in [-0.15, -0.1) is 0 Å². The maximum atomic E-state index is 12.9. The predicted octanol–water partition coefficient (Wildman–Crippen LogP) is 1.21. The van der Waals surface area contributed by atoms with Crippen LogP contribution < -0.4 is 9.47 Å². The molecule has 0 radical (unpaired) electrons. The lowest BCUT2D eigenvalue weighted by Gasteiger charge is -2.34. The van der Waals surface area contributed by atoms with E-state index in [2.05, 4.69) is 17.0 Å². The summed E-state index contributed by atoms with van der Waals surface area (Å²) in [5.41, 5.74) is 0. The van der Waals surface area contributed by atoms with E-state index in [9.17, 15) is 13.7 Å². The Balaban J connectivity index is 1.62. The molecule has 2 aliphatic heterocycles. The third kappa shape index (κ3) is 4.51. The van der Waals surface area contributed by atoms with Crippen molar-refractivity contribution in [2.45, 2.75) is 17.7 Å². The second-order valence-corrected chi connectivity index (χ2v) is 8.47. The second-order valence-electron chi connectivity index (χ2n) is 6.53. The summed E-state index contributed by atoms with van der Waals surface area (Å²) in [6, 6.07) is 8.98. The SMILES string of the molecule is N#CCCC(C#N)CN1CCN(S(=O)(=O)c2ccc3c(c2)OCCO3)CC1. The molecule has 0 amide bonds. The number of sulfonamides is 1. The van der Waals surface area contributed by atoms with Gasteiger partial charge in [0.25, 0.3) is 0 Å². The minimum atomic E-state index is -3.60. The molecule has 8 nitrogen and oxygen atoms in total. The number of piperazine rings is 1. The van der Waals surface area contributed by atoms with Crippen molar-refractivity contribution in [2.24, 2.45) is 5.92 Å². The van der Waals surface area contributed by atoms with E-state index < -0.39 is 10.0 Å². The Bertz CT molecular complexity index is 851. The molecule has 9 heteroatoms. The maximum absolute atomic E-state index is 12.9. The van der Waals surface area contributed by atoms with Gasteiger partial charge >= 0.3 is 0 Å². The third-order valence-corrected chi connectivity index (χ3v) is 6.64. The molecule has 2 heterocycles. The summed E-state index contributed by atoms with van der Waals surface area (Å²) in [7, 11) is -3.60. The van der Waals surface area contributed by atoms with Gasteiger partial charge in [0.2, 0.25) is 10.0 Å². The summed E-state index contributed by atoms with van der Waals surface area (Å²) in [5, 5.41) is 17.9. The molecule has 2 aliphatic rings. The van der Waals surface area contributed by atoms with Gasteiger partial charge in [0.15, 0.2) is 11.5 Å². The molecule has 1 fully saturated rings. The van der Waals surface area contributed by atoms with Gasteiger partial charge in [-0.05, 0) is 18.6 Å². The van der Waals surface area contributed by atoms with Gasteiger partial charge in [-0.2, -0.15) is 14.8 Å². The summed E-state index contributed by atoms with van der Waals surface area (Å²) < 4.78 is 38.2. The molecule has 1 saturated heterocycles. The molecular weight excluding hydrogens is 368 g/mol. The predicted molar refractivity (Wildman–Crippen MR) is 96.6 cm³/mol. The quantitative estimate of drug-likeness (QED) is 0.718. The standard InChI is InChI=1S/C18H22N4O4S/c19-5-1-2-15(13-20)14-21-6-8-22(9-7-21)27(23,24)16-3-4-17-18(12-16)26-11-10-25-17/h3-4,12,15H,1-2,6-11,14H2. The molecule has 0 spiro atoms. The van der Waals surface area contributed by atoms with E-state index in [0.29, 0.717) is 70.3 Å². The smallest absolute Gasteiger partial charge is 0.243 e. The average Bonchev–Trinajstić information content (AvgIpc) is 2.71. The van der Waals surface area contributed by atoms with Crippen LogP contribution in [0.4, 0.5) is 0 Å². The Hall–Kier alpha value is -2.33. The molecule has 27 heavy (non-hydrogen) atoms. The highest BCUT2D eigenvalue weighted by atomic mass is 32.2. The minimum Gasteiger partial charge on any atom is -0.486 e. The Labute approximate surface area is 159 Å². The topological polar surface area (TPSA) is 107 Å². The van der Waals surface area contributed by atoms with Gasteiger partial charge in [-0.25, -0.2) is 8.42 Å². The second kappa shape index (κ2) is 8.57. The van der Waals surface area contributed by atoms with E-state index >= 15 is 0 Å². The Morgan fingerprint density at radius 1 is 1.07 bits per heavy atom. The van der Waals surface area contributed by atoms with Crippen LogP contribution >= 0.6 is 0 Å². The number of nitrogens with zero attached hydrogens (tertiary/aromatic N) is 4. The number of hydrogen-bond donors (Lipinski definition) is 0. The lowest BCUT2D eigenvalue weighted by atomic mass is 10.0. The number of rotatable bonds is 6. The van der Waals surface area contributed by atoms with Gasteiger partial charge < -0.3 is 9.47 Å². The fraction of sp³-hybridized carbons (Fsp3) is 0.556. The van der Waals surface area contributed by atoms with Crippen LogP contribution in [-0.4, -0.2) is 63.6 Å². The van der Waals surface area contributed by atoms with Crippen LogP contribution in [0.5, 0.6) is 11.5 Å². The fourth-order valence-electron chi connectivity index (χ4n) is 3.23. The summed E-state index contributed by atoms with van der Waals surface area (Å²) in [5.74, 6) is 0.811. The fourth-order valence-corrected chi connectivity index (χ4v) is 4.67. The van der Waals surface area contributed by atoms with E-state index in [4.69, 9.17) is 14.7 Å². The molecule has 1 unspecified atom stereocenters. The van der Waals surface area contributed by atoms with Crippen molar-refractivity contribution >= 4 is 10.0 Å². The lowest BCUT2D eigenvalue weighted by Crippen LogP contribution is -2.49. The first kappa shape index (κ1) is 19.4. The zero-order valence-corrected chi connectivity index (χ0v) is 15.8. The summed E-state index contributed by atoms with van der Waals surface area (Å²) in [6.45, 7) is 3.29. The van der Waals surface area contributed by atoms with Crippen molar-refractivity contribution in [2.75, 3.05) is 45.9 Å². The largest absolute Gasteiger partial charge is 0.486 e. The molecule has 0 N–H and O–H groups in total. The molecule has 144 valence electrons. The summed E-state index contributed by atoms with van der Waals surface area (Å²) in [6.07, 6.45) is 0.902. The molecule has 1 aromatic rings. The molecule has 3 rings (SSSR count). The molecular formula is C18H22N4O4S. The van der Waals surface area contributed by atoms with Crippen molar-refractivity contribution in [3.8, 4) is 23.6 Å². The van der Waals surface area contributed by atoms with Crippen LogP contribution in [0.2, 0.25) is 0 Å². The Kier molecular flexibility index (Phi) is 6.17. The highest BCUT2D eigenvalue weighted by Crippen LogP contribution is 2.33. The van der Waals surface area contributed by atoms with Crippen molar-refractivity contribution in [1.29, 1.82) is 10.5 Å². The van der Waals surface area contributed by atoms with Crippen LogP contribution in [-0.2, 0) is 10.0 Å². The molecule has 1 atom stereocenters. The number of benzene rings is 1.